The average Bonchev–Trinajstić information content (AvgIpc) is 3.31. The Hall–Kier alpha value is -5.21. The van der Waals surface area contributed by atoms with Crippen molar-refractivity contribution in [3.8, 4) is 23.2 Å². The summed E-state index contributed by atoms with van der Waals surface area (Å²) in [4.78, 5) is 20.4. The van der Waals surface area contributed by atoms with Gasteiger partial charge in [-0.2, -0.15) is 5.26 Å². The summed E-state index contributed by atoms with van der Waals surface area (Å²) in [5.74, 6) is -2.54. The molecule has 1 aliphatic rings. The molecule has 0 unspecified atom stereocenters. The predicted molar refractivity (Wildman–Crippen MR) is 149 cm³/mol. The van der Waals surface area contributed by atoms with E-state index in [2.05, 4.69) is 9.97 Å². The number of ether oxygens (including phenoxy) is 2. The average molecular weight is 585 g/mol. The van der Waals surface area contributed by atoms with Gasteiger partial charge in [-0.25, -0.2) is 27.9 Å². The Balaban J connectivity index is 1.26. The summed E-state index contributed by atoms with van der Waals surface area (Å²) in [5, 5.41) is 18.3. The second-order valence-corrected chi connectivity index (χ2v) is 10.1. The molecule has 0 amide bonds. The SMILES string of the molecule is N#Cc1ccc(COc2cccc(-c3cc(F)c(Cc4nc5ccc(C(=O)O)cc5n4C[C@@H]4CCO4)cc3F)n2)c(F)c1. The zero-order valence-electron chi connectivity index (χ0n) is 22.6. The molecule has 3 aromatic carbocycles. The third kappa shape index (κ3) is 5.78. The topological polar surface area (TPSA) is 110 Å². The molecule has 1 N–H and O–H groups in total. The van der Waals surface area contributed by atoms with Crippen LogP contribution in [0.1, 0.15) is 39.3 Å². The molecule has 0 spiro atoms. The fraction of sp³-hybridized carbons (Fsp3) is 0.188. The van der Waals surface area contributed by atoms with E-state index in [1.165, 1.54) is 36.4 Å². The first kappa shape index (κ1) is 27.9. The first-order chi connectivity index (χ1) is 20.8. The molecule has 6 rings (SSSR count). The van der Waals surface area contributed by atoms with Crippen molar-refractivity contribution in [3.63, 3.8) is 0 Å². The molecule has 0 aliphatic carbocycles. The van der Waals surface area contributed by atoms with Crippen LogP contribution >= 0.6 is 0 Å². The fourth-order valence-electron chi connectivity index (χ4n) is 4.90. The van der Waals surface area contributed by atoms with Crippen LogP contribution in [0.15, 0.2) is 66.7 Å². The molecule has 8 nitrogen and oxygen atoms in total. The van der Waals surface area contributed by atoms with Crippen molar-refractivity contribution < 1.29 is 32.5 Å². The molecular formula is C32H23F3N4O4. The number of fused-ring (bicyclic) bond motifs is 1. The molecule has 11 heteroatoms. The molecule has 0 radical (unpaired) electrons. The van der Waals surface area contributed by atoms with E-state index in [4.69, 9.17) is 14.7 Å². The number of imidazole rings is 1. The van der Waals surface area contributed by atoms with Crippen LogP contribution in [0.3, 0.4) is 0 Å². The lowest BCUT2D eigenvalue weighted by Gasteiger charge is -2.27. The summed E-state index contributed by atoms with van der Waals surface area (Å²) >= 11 is 0. The molecule has 0 saturated carbocycles. The standard InChI is InChI=1S/C32H23F3N4O4/c33-24-10-18(15-36)4-5-20(24)17-43-31-3-1-2-27(38-31)23-14-25(34)21(11-26(23)35)13-30-37-28-7-6-19(32(40)41)12-29(28)39(30)16-22-8-9-42-22/h1-7,10-12,14,22H,8-9,13,16-17H2,(H,40,41)/t22-/m0/s1. The molecule has 0 bridgehead atoms. The maximum absolute atomic E-state index is 15.4. The van der Waals surface area contributed by atoms with Gasteiger partial charge in [-0.3, -0.25) is 0 Å². The number of hydrogen-bond donors (Lipinski definition) is 1. The molecule has 1 fully saturated rings. The zero-order valence-corrected chi connectivity index (χ0v) is 22.6. The lowest BCUT2D eigenvalue weighted by atomic mass is 10.0. The van der Waals surface area contributed by atoms with Crippen LogP contribution < -0.4 is 4.74 Å². The highest BCUT2D eigenvalue weighted by molar-refractivity contribution is 5.92. The highest BCUT2D eigenvalue weighted by Crippen LogP contribution is 2.29. The van der Waals surface area contributed by atoms with Gasteiger partial charge in [0.05, 0.1) is 46.6 Å². The maximum atomic E-state index is 15.4. The first-order valence-corrected chi connectivity index (χ1v) is 13.4. The minimum Gasteiger partial charge on any atom is -0.478 e. The number of halogens is 3. The van der Waals surface area contributed by atoms with Crippen LogP contribution in [-0.4, -0.2) is 38.3 Å². The Morgan fingerprint density at radius 2 is 1.84 bits per heavy atom. The number of nitriles is 1. The number of nitrogens with zero attached hydrogens (tertiary/aromatic N) is 4. The molecule has 43 heavy (non-hydrogen) atoms. The molecule has 1 atom stereocenters. The van der Waals surface area contributed by atoms with Crippen molar-refractivity contribution in [3.05, 3.63) is 112 Å². The Labute approximate surface area is 243 Å². The van der Waals surface area contributed by atoms with Crippen molar-refractivity contribution in [1.29, 1.82) is 5.26 Å². The van der Waals surface area contributed by atoms with Crippen molar-refractivity contribution in [1.82, 2.24) is 14.5 Å². The number of carboxylic acid groups (broad SMARTS) is 1. The van der Waals surface area contributed by atoms with Crippen molar-refractivity contribution in [2.24, 2.45) is 0 Å². The Morgan fingerprint density at radius 3 is 2.56 bits per heavy atom. The summed E-state index contributed by atoms with van der Waals surface area (Å²) in [6, 6.07) is 17.2. The van der Waals surface area contributed by atoms with Crippen LogP contribution in [0.4, 0.5) is 13.2 Å². The molecule has 3 heterocycles. The van der Waals surface area contributed by atoms with E-state index in [0.29, 0.717) is 30.0 Å². The Bertz CT molecular complexity index is 1910. The monoisotopic (exact) mass is 584 g/mol. The summed E-state index contributed by atoms with van der Waals surface area (Å²) in [6.07, 6.45) is 0.704. The summed E-state index contributed by atoms with van der Waals surface area (Å²) in [5.41, 5.74) is 1.70. The molecular weight excluding hydrogens is 561 g/mol. The van der Waals surface area contributed by atoms with Gasteiger partial charge in [0.1, 0.15) is 29.9 Å². The summed E-state index contributed by atoms with van der Waals surface area (Å²) in [7, 11) is 0. The van der Waals surface area contributed by atoms with Crippen LogP contribution in [0.5, 0.6) is 5.88 Å². The number of aromatic nitrogens is 3. The van der Waals surface area contributed by atoms with Gasteiger partial charge in [-0.05, 0) is 60.5 Å². The quantitative estimate of drug-likeness (QED) is 0.225. The third-order valence-corrected chi connectivity index (χ3v) is 7.30. The summed E-state index contributed by atoms with van der Waals surface area (Å²) in [6.45, 7) is 0.853. The minimum absolute atomic E-state index is 0.0421. The lowest BCUT2D eigenvalue weighted by molar-refractivity contribution is -0.0589. The third-order valence-electron chi connectivity index (χ3n) is 7.30. The van der Waals surface area contributed by atoms with Crippen molar-refractivity contribution in [2.75, 3.05) is 6.61 Å². The molecule has 5 aromatic rings. The second kappa shape index (κ2) is 11.6. The number of aromatic carboxylic acids is 1. The van der Waals surface area contributed by atoms with Gasteiger partial charge in [0.15, 0.2) is 0 Å². The minimum atomic E-state index is -1.08. The predicted octanol–water partition coefficient (Wildman–Crippen LogP) is 6.04. The number of benzene rings is 3. The van der Waals surface area contributed by atoms with E-state index >= 15 is 8.78 Å². The van der Waals surface area contributed by atoms with Gasteiger partial charge in [0, 0.05) is 30.2 Å². The van der Waals surface area contributed by atoms with Crippen LogP contribution in [0, 0.1) is 28.8 Å². The normalized spacial score (nSPS) is 14.3. The van der Waals surface area contributed by atoms with E-state index in [9.17, 15) is 14.3 Å². The number of carbonyl (C=O) groups is 1. The van der Waals surface area contributed by atoms with Crippen LogP contribution in [-0.2, 0) is 24.3 Å². The van der Waals surface area contributed by atoms with Crippen LogP contribution in [0.2, 0.25) is 0 Å². The van der Waals surface area contributed by atoms with Gasteiger partial charge in [-0.15, -0.1) is 0 Å². The van der Waals surface area contributed by atoms with Gasteiger partial charge in [0.25, 0.3) is 0 Å². The van der Waals surface area contributed by atoms with E-state index in [1.807, 2.05) is 6.07 Å². The van der Waals surface area contributed by atoms with Gasteiger partial charge in [-0.1, -0.05) is 12.1 Å². The van der Waals surface area contributed by atoms with E-state index in [0.717, 1.165) is 24.6 Å². The molecule has 1 aliphatic heterocycles. The number of carboxylic acids is 1. The summed E-state index contributed by atoms with van der Waals surface area (Å²) < 4.78 is 58.0. The van der Waals surface area contributed by atoms with E-state index in [1.54, 1.807) is 16.7 Å². The Morgan fingerprint density at radius 1 is 1.02 bits per heavy atom. The highest BCUT2D eigenvalue weighted by atomic mass is 19.1. The Kier molecular flexibility index (Phi) is 7.52. The molecule has 2 aromatic heterocycles. The number of pyridine rings is 1. The molecule has 1 saturated heterocycles. The van der Waals surface area contributed by atoms with Gasteiger partial charge < -0.3 is 19.1 Å². The lowest BCUT2D eigenvalue weighted by Crippen LogP contribution is -2.31. The first-order valence-electron chi connectivity index (χ1n) is 13.4. The fourth-order valence-corrected chi connectivity index (χ4v) is 4.90. The second-order valence-electron chi connectivity index (χ2n) is 10.1. The maximum Gasteiger partial charge on any atom is 0.335 e. The highest BCUT2D eigenvalue weighted by Gasteiger charge is 2.24. The largest absolute Gasteiger partial charge is 0.478 e. The van der Waals surface area contributed by atoms with Gasteiger partial charge in [0.2, 0.25) is 5.88 Å². The molecule has 216 valence electrons. The number of rotatable bonds is 9. The van der Waals surface area contributed by atoms with Gasteiger partial charge >= 0.3 is 5.97 Å². The van der Waals surface area contributed by atoms with E-state index in [-0.39, 0.29) is 58.5 Å². The zero-order chi connectivity index (χ0) is 30.1. The van der Waals surface area contributed by atoms with Crippen molar-refractivity contribution in [2.45, 2.75) is 32.1 Å². The smallest absolute Gasteiger partial charge is 0.335 e. The number of hydrogen-bond acceptors (Lipinski definition) is 6. The van der Waals surface area contributed by atoms with E-state index < -0.39 is 23.4 Å². The van der Waals surface area contributed by atoms with Crippen molar-refractivity contribution >= 4 is 17.0 Å². The van der Waals surface area contributed by atoms with Crippen LogP contribution in [0.25, 0.3) is 22.3 Å².